The Morgan fingerprint density at radius 3 is 2.36 bits per heavy atom. The minimum Gasteiger partial charge on any atom is -0.349 e. The number of nitrogens with one attached hydrogen (secondary N) is 2. The van der Waals surface area contributed by atoms with Gasteiger partial charge in [0.05, 0.1) is 11.3 Å². The third kappa shape index (κ3) is 3.21. The summed E-state index contributed by atoms with van der Waals surface area (Å²) in [6.07, 6.45) is 4.54. The molecule has 2 aromatic carbocycles. The number of hydrogen-bond acceptors (Lipinski definition) is 2. The van der Waals surface area contributed by atoms with E-state index in [1.165, 1.54) is 12.8 Å². The van der Waals surface area contributed by atoms with Crippen molar-refractivity contribution in [2.45, 2.75) is 43.8 Å². The highest BCUT2D eigenvalue weighted by Crippen LogP contribution is 2.34. The lowest BCUT2D eigenvalue weighted by atomic mass is 9.98. The van der Waals surface area contributed by atoms with Gasteiger partial charge in [0, 0.05) is 36.1 Å². The first-order chi connectivity index (χ1) is 13.2. The second kappa shape index (κ2) is 7.61. The van der Waals surface area contributed by atoms with Crippen LogP contribution in [0.1, 0.15) is 36.0 Å². The topological polar surface area (TPSA) is 46.1 Å². The van der Waals surface area contributed by atoms with E-state index in [0.29, 0.717) is 12.1 Å². The van der Waals surface area contributed by atoms with Crippen molar-refractivity contribution in [3.63, 3.8) is 0 Å². The SMILES string of the molecule is Cl.Cn1c(-c2ccccc2)c(C(=O)N[C@H]2C[C@H]3CC[C@@H](C2)N3)c2ccccc21. The van der Waals surface area contributed by atoms with E-state index in [4.69, 9.17) is 0 Å². The maximum atomic E-state index is 13.4. The van der Waals surface area contributed by atoms with Gasteiger partial charge in [-0.05, 0) is 37.3 Å². The molecule has 1 amide bonds. The number of aryl methyl sites for hydroxylation is 1. The van der Waals surface area contributed by atoms with Crippen LogP contribution in [0.15, 0.2) is 54.6 Å². The molecule has 0 aliphatic carbocycles. The van der Waals surface area contributed by atoms with Gasteiger partial charge in [-0.15, -0.1) is 12.4 Å². The Morgan fingerprint density at radius 1 is 1.00 bits per heavy atom. The number of benzene rings is 2. The third-order valence-electron chi connectivity index (χ3n) is 6.19. The molecule has 2 fully saturated rings. The lowest BCUT2D eigenvalue weighted by molar-refractivity contribution is 0.0926. The molecule has 2 bridgehead atoms. The summed E-state index contributed by atoms with van der Waals surface area (Å²) in [4.78, 5) is 13.4. The van der Waals surface area contributed by atoms with Crippen LogP contribution in [0.25, 0.3) is 22.2 Å². The highest BCUT2D eigenvalue weighted by atomic mass is 35.5. The highest BCUT2D eigenvalue weighted by molar-refractivity contribution is 6.12. The Morgan fingerprint density at radius 2 is 1.64 bits per heavy atom. The molecule has 0 unspecified atom stereocenters. The number of fused-ring (bicyclic) bond motifs is 3. The second-order valence-corrected chi connectivity index (χ2v) is 7.95. The Kier molecular flexibility index (Phi) is 5.17. The van der Waals surface area contributed by atoms with Crippen LogP contribution in [0.4, 0.5) is 0 Å². The molecule has 0 spiro atoms. The van der Waals surface area contributed by atoms with Gasteiger partial charge in [-0.3, -0.25) is 4.79 Å². The van der Waals surface area contributed by atoms with Crippen LogP contribution in [-0.4, -0.2) is 28.6 Å². The average Bonchev–Trinajstić information content (AvgIpc) is 3.19. The van der Waals surface area contributed by atoms with Gasteiger partial charge in [0.25, 0.3) is 5.91 Å². The fraction of sp³-hybridized carbons (Fsp3) is 0.348. The lowest BCUT2D eigenvalue weighted by Gasteiger charge is -2.29. The molecular weight excluding hydrogens is 370 g/mol. The standard InChI is InChI=1S/C23H25N3O.ClH/c1-26-20-10-6-5-9-19(20)21(22(26)15-7-3-2-4-8-15)23(27)25-18-13-16-11-12-17(14-18)24-16;/h2-10,16-18,24H,11-14H2,1H3,(H,25,27);1H/t16-,17+,18+;. The number of para-hydroxylation sites is 1. The highest BCUT2D eigenvalue weighted by Gasteiger charge is 2.34. The van der Waals surface area contributed by atoms with Crippen molar-refractivity contribution < 1.29 is 4.79 Å². The third-order valence-corrected chi connectivity index (χ3v) is 6.19. The van der Waals surface area contributed by atoms with Crippen LogP contribution in [0.3, 0.4) is 0 Å². The molecule has 4 nitrogen and oxygen atoms in total. The molecule has 28 heavy (non-hydrogen) atoms. The van der Waals surface area contributed by atoms with E-state index >= 15 is 0 Å². The fourth-order valence-electron chi connectivity index (χ4n) is 4.99. The van der Waals surface area contributed by atoms with Gasteiger partial charge in [-0.1, -0.05) is 48.5 Å². The zero-order valence-electron chi connectivity index (χ0n) is 16.0. The van der Waals surface area contributed by atoms with Gasteiger partial charge in [-0.25, -0.2) is 0 Å². The van der Waals surface area contributed by atoms with Gasteiger partial charge < -0.3 is 15.2 Å². The lowest BCUT2D eigenvalue weighted by Crippen LogP contribution is -2.48. The zero-order valence-corrected chi connectivity index (χ0v) is 16.8. The molecule has 3 heterocycles. The zero-order chi connectivity index (χ0) is 18.4. The monoisotopic (exact) mass is 395 g/mol. The molecule has 2 N–H and O–H groups in total. The van der Waals surface area contributed by atoms with E-state index in [1.54, 1.807) is 0 Å². The van der Waals surface area contributed by atoms with E-state index in [-0.39, 0.29) is 24.4 Å². The second-order valence-electron chi connectivity index (χ2n) is 7.95. The molecule has 1 aromatic heterocycles. The average molecular weight is 396 g/mol. The van der Waals surface area contributed by atoms with Crippen LogP contribution in [0, 0.1) is 0 Å². The number of rotatable bonds is 3. The van der Waals surface area contributed by atoms with Gasteiger partial charge >= 0.3 is 0 Å². The summed E-state index contributed by atoms with van der Waals surface area (Å²) < 4.78 is 2.14. The largest absolute Gasteiger partial charge is 0.349 e. The summed E-state index contributed by atoms with van der Waals surface area (Å²) in [6.45, 7) is 0. The molecule has 0 saturated carbocycles. The molecule has 2 saturated heterocycles. The van der Waals surface area contributed by atoms with Crippen LogP contribution in [0.5, 0.6) is 0 Å². The van der Waals surface area contributed by atoms with Crippen LogP contribution in [0.2, 0.25) is 0 Å². The number of nitrogens with zero attached hydrogens (tertiary/aromatic N) is 1. The first-order valence-electron chi connectivity index (χ1n) is 9.90. The quantitative estimate of drug-likeness (QED) is 0.695. The molecule has 0 radical (unpaired) electrons. The van der Waals surface area contributed by atoms with E-state index < -0.39 is 0 Å². The Balaban J connectivity index is 0.00000192. The molecule has 2 aliphatic rings. The summed E-state index contributed by atoms with van der Waals surface area (Å²) >= 11 is 0. The smallest absolute Gasteiger partial charge is 0.254 e. The van der Waals surface area contributed by atoms with Crippen molar-refractivity contribution in [3.05, 3.63) is 60.2 Å². The number of halogens is 1. The van der Waals surface area contributed by atoms with Crippen LogP contribution >= 0.6 is 12.4 Å². The summed E-state index contributed by atoms with van der Waals surface area (Å²) in [7, 11) is 2.05. The minimum absolute atomic E-state index is 0. The molecule has 5 heteroatoms. The Bertz CT molecular complexity index is 986. The van der Waals surface area contributed by atoms with Gasteiger partial charge in [-0.2, -0.15) is 0 Å². The van der Waals surface area contributed by atoms with Crippen LogP contribution in [-0.2, 0) is 7.05 Å². The number of piperidine rings is 1. The maximum Gasteiger partial charge on any atom is 0.254 e. The molecule has 3 aromatic rings. The van der Waals surface area contributed by atoms with Crippen molar-refractivity contribution in [1.82, 2.24) is 15.2 Å². The van der Waals surface area contributed by atoms with Crippen LogP contribution < -0.4 is 10.6 Å². The van der Waals surface area contributed by atoms with E-state index in [0.717, 1.165) is 40.6 Å². The van der Waals surface area contributed by atoms with Crippen molar-refractivity contribution in [1.29, 1.82) is 0 Å². The molecule has 146 valence electrons. The predicted octanol–water partition coefficient (Wildman–Crippen LogP) is 4.28. The first kappa shape index (κ1) is 19.0. The van der Waals surface area contributed by atoms with Gasteiger partial charge in [0.15, 0.2) is 0 Å². The van der Waals surface area contributed by atoms with E-state index in [1.807, 2.05) is 37.4 Å². The van der Waals surface area contributed by atoms with Gasteiger partial charge in [0.1, 0.15) is 0 Å². The first-order valence-corrected chi connectivity index (χ1v) is 9.90. The number of hydrogen-bond donors (Lipinski definition) is 2. The molecule has 2 aliphatic heterocycles. The normalized spacial score (nSPS) is 23.4. The fourth-order valence-corrected chi connectivity index (χ4v) is 4.99. The maximum absolute atomic E-state index is 13.4. The van der Waals surface area contributed by atoms with Crippen molar-refractivity contribution in [2.75, 3.05) is 0 Å². The molecule has 3 atom stereocenters. The van der Waals surface area contributed by atoms with Crippen molar-refractivity contribution in [3.8, 4) is 11.3 Å². The summed E-state index contributed by atoms with van der Waals surface area (Å²) in [5.41, 5.74) is 3.95. The summed E-state index contributed by atoms with van der Waals surface area (Å²) in [5.74, 6) is 0.0527. The number of carbonyl (C=O) groups excluding carboxylic acids is 1. The Hall–Kier alpha value is -2.30. The summed E-state index contributed by atoms with van der Waals surface area (Å²) in [6, 6.07) is 19.8. The molecule has 5 rings (SSSR count). The Labute approximate surface area is 171 Å². The van der Waals surface area contributed by atoms with Gasteiger partial charge in [0.2, 0.25) is 0 Å². The van der Waals surface area contributed by atoms with E-state index in [9.17, 15) is 4.79 Å². The molecular formula is C23H26ClN3O. The van der Waals surface area contributed by atoms with Crippen molar-refractivity contribution in [2.24, 2.45) is 7.05 Å². The predicted molar refractivity (Wildman–Crippen MR) is 116 cm³/mol. The number of aromatic nitrogens is 1. The number of carbonyl (C=O) groups is 1. The van der Waals surface area contributed by atoms with Crippen molar-refractivity contribution >= 4 is 29.2 Å². The minimum atomic E-state index is 0. The van der Waals surface area contributed by atoms with E-state index in [2.05, 4.69) is 39.5 Å². The summed E-state index contributed by atoms with van der Waals surface area (Å²) in [5, 5.41) is 8.03. The number of amides is 1.